The smallest absolute Gasteiger partial charge is 0.262 e. The van der Waals surface area contributed by atoms with Gasteiger partial charge in [0.2, 0.25) is 0 Å². The molecule has 0 saturated carbocycles. The molecule has 0 aliphatic carbocycles. The van der Waals surface area contributed by atoms with Crippen molar-refractivity contribution in [1.29, 1.82) is 0 Å². The third kappa shape index (κ3) is 2.90. The van der Waals surface area contributed by atoms with Crippen molar-refractivity contribution in [2.24, 2.45) is 0 Å². The van der Waals surface area contributed by atoms with Crippen LogP contribution in [0.15, 0.2) is 41.3 Å². The molecule has 0 spiro atoms. The summed E-state index contributed by atoms with van der Waals surface area (Å²) in [5, 5.41) is 0. The molecule has 2 rings (SSSR count). The summed E-state index contributed by atoms with van der Waals surface area (Å²) >= 11 is 2.09. The van der Waals surface area contributed by atoms with Gasteiger partial charge in [0, 0.05) is 9.26 Å². The summed E-state index contributed by atoms with van der Waals surface area (Å²) in [6.45, 7) is 3.48. The maximum atomic E-state index is 12.6. The Bertz CT molecular complexity index is 758. The van der Waals surface area contributed by atoms with E-state index in [1.165, 1.54) is 0 Å². The van der Waals surface area contributed by atoms with E-state index in [1.807, 2.05) is 12.1 Å². The van der Waals surface area contributed by atoms with Gasteiger partial charge in [0.1, 0.15) is 0 Å². The second kappa shape index (κ2) is 5.61. The Morgan fingerprint density at radius 1 is 1.10 bits per heavy atom. The molecule has 0 fully saturated rings. The average Bonchev–Trinajstić information content (AvgIpc) is 2.37. The molecule has 2 aromatic rings. The lowest BCUT2D eigenvalue weighted by atomic mass is 10.1. The first-order chi connectivity index (χ1) is 9.33. The van der Waals surface area contributed by atoms with E-state index in [4.69, 9.17) is 5.73 Å². The van der Waals surface area contributed by atoms with Crippen molar-refractivity contribution in [1.82, 2.24) is 0 Å². The molecule has 0 radical (unpaired) electrons. The van der Waals surface area contributed by atoms with Crippen molar-refractivity contribution in [2.75, 3.05) is 10.5 Å². The Morgan fingerprint density at radius 3 is 2.40 bits per heavy atom. The van der Waals surface area contributed by atoms with Crippen molar-refractivity contribution in [3.8, 4) is 0 Å². The number of rotatable bonds is 3. The number of para-hydroxylation sites is 1. The van der Waals surface area contributed by atoms with Crippen LogP contribution in [0.5, 0.6) is 0 Å². The number of hydrogen-bond donors (Lipinski definition) is 2. The van der Waals surface area contributed by atoms with Crippen LogP contribution in [0.1, 0.15) is 11.1 Å². The summed E-state index contributed by atoms with van der Waals surface area (Å²) in [6.07, 6.45) is 0. The summed E-state index contributed by atoms with van der Waals surface area (Å²) in [5.41, 5.74) is 8.10. The molecule has 0 amide bonds. The van der Waals surface area contributed by atoms with Gasteiger partial charge < -0.3 is 5.73 Å². The Kier molecular flexibility index (Phi) is 4.24. The molecule has 20 heavy (non-hydrogen) atoms. The van der Waals surface area contributed by atoms with Gasteiger partial charge in [0.05, 0.1) is 10.6 Å². The number of sulfonamides is 1. The van der Waals surface area contributed by atoms with Crippen LogP contribution in [-0.2, 0) is 10.0 Å². The summed E-state index contributed by atoms with van der Waals surface area (Å²) in [4.78, 5) is 0.247. The molecule has 2 aromatic carbocycles. The Balaban J connectivity index is 2.52. The number of aryl methyl sites for hydroxylation is 1. The predicted molar refractivity (Wildman–Crippen MR) is 90.3 cm³/mol. The fourth-order valence-corrected chi connectivity index (χ4v) is 4.28. The largest absolute Gasteiger partial charge is 0.398 e. The van der Waals surface area contributed by atoms with Gasteiger partial charge >= 0.3 is 0 Å². The zero-order valence-corrected chi connectivity index (χ0v) is 14.1. The Labute approximate surface area is 132 Å². The molecule has 0 saturated heterocycles. The molecular weight excluding hydrogens is 387 g/mol. The quantitative estimate of drug-likeness (QED) is 0.612. The minimum Gasteiger partial charge on any atom is -0.398 e. The first-order valence-electron chi connectivity index (χ1n) is 5.96. The first kappa shape index (κ1) is 15.1. The van der Waals surface area contributed by atoms with Crippen molar-refractivity contribution < 1.29 is 8.42 Å². The maximum absolute atomic E-state index is 12.6. The van der Waals surface area contributed by atoms with Gasteiger partial charge in [-0.3, -0.25) is 4.72 Å². The average molecular weight is 402 g/mol. The molecule has 0 atom stereocenters. The highest BCUT2D eigenvalue weighted by molar-refractivity contribution is 14.1. The van der Waals surface area contributed by atoms with Gasteiger partial charge in [0.15, 0.2) is 0 Å². The van der Waals surface area contributed by atoms with E-state index in [0.717, 1.165) is 3.57 Å². The van der Waals surface area contributed by atoms with Gasteiger partial charge in [-0.2, -0.15) is 0 Å². The van der Waals surface area contributed by atoms with E-state index in [9.17, 15) is 8.42 Å². The molecule has 3 N–H and O–H groups in total. The molecular formula is C14H15IN2O2S. The van der Waals surface area contributed by atoms with Gasteiger partial charge in [-0.25, -0.2) is 8.42 Å². The minimum atomic E-state index is -3.65. The lowest BCUT2D eigenvalue weighted by molar-refractivity contribution is 0.600. The molecule has 0 aliphatic heterocycles. The third-order valence-electron chi connectivity index (χ3n) is 3.03. The van der Waals surface area contributed by atoms with Crippen LogP contribution < -0.4 is 10.5 Å². The summed E-state index contributed by atoms with van der Waals surface area (Å²) < 4.78 is 28.6. The lowest BCUT2D eigenvalue weighted by Crippen LogP contribution is -2.17. The maximum Gasteiger partial charge on any atom is 0.262 e. The molecule has 0 aromatic heterocycles. The molecule has 0 aliphatic rings. The first-order valence-corrected chi connectivity index (χ1v) is 8.52. The molecule has 0 unspecified atom stereocenters. The highest BCUT2D eigenvalue weighted by Crippen LogP contribution is 2.28. The van der Waals surface area contributed by atoms with Crippen LogP contribution in [-0.4, -0.2) is 8.42 Å². The number of benzene rings is 2. The number of nitrogens with one attached hydrogen (secondary N) is 1. The van der Waals surface area contributed by atoms with E-state index in [2.05, 4.69) is 27.3 Å². The molecule has 0 heterocycles. The van der Waals surface area contributed by atoms with Gasteiger partial charge in [-0.05, 0) is 65.8 Å². The van der Waals surface area contributed by atoms with Crippen LogP contribution in [0.3, 0.4) is 0 Å². The fourth-order valence-electron chi connectivity index (χ4n) is 2.00. The van der Waals surface area contributed by atoms with E-state index >= 15 is 0 Å². The van der Waals surface area contributed by atoms with Crippen molar-refractivity contribution in [3.63, 3.8) is 0 Å². The van der Waals surface area contributed by atoms with Crippen molar-refractivity contribution in [3.05, 3.63) is 51.1 Å². The van der Waals surface area contributed by atoms with Crippen LogP contribution >= 0.6 is 22.6 Å². The van der Waals surface area contributed by atoms with E-state index < -0.39 is 10.0 Å². The highest BCUT2D eigenvalue weighted by atomic mass is 127. The minimum absolute atomic E-state index is 0.247. The Hall–Kier alpha value is -1.28. The summed E-state index contributed by atoms with van der Waals surface area (Å²) in [5.74, 6) is 0. The predicted octanol–water partition coefficient (Wildman–Crippen LogP) is 3.29. The van der Waals surface area contributed by atoms with Crippen LogP contribution in [0.4, 0.5) is 11.4 Å². The lowest BCUT2D eigenvalue weighted by Gasteiger charge is -2.15. The number of anilines is 2. The van der Waals surface area contributed by atoms with Crippen molar-refractivity contribution >= 4 is 44.0 Å². The molecule has 106 valence electrons. The normalized spacial score (nSPS) is 11.3. The van der Waals surface area contributed by atoms with Crippen LogP contribution in [0.25, 0.3) is 0 Å². The van der Waals surface area contributed by atoms with E-state index in [1.54, 1.807) is 38.1 Å². The van der Waals surface area contributed by atoms with Gasteiger partial charge in [-0.1, -0.05) is 18.2 Å². The third-order valence-corrected chi connectivity index (χ3v) is 5.63. The molecule has 6 heteroatoms. The molecule has 0 bridgehead atoms. The Morgan fingerprint density at radius 2 is 1.75 bits per heavy atom. The standard InChI is InChI=1S/C14H15IN2O2S/c1-9-7-8-12(16)10(2)14(9)20(18,19)17-13-6-4-3-5-11(13)15/h3-8,17H,16H2,1-2H3. The molecule has 4 nitrogen and oxygen atoms in total. The monoisotopic (exact) mass is 402 g/mol. The highest BCUT2D eigenvalue weighted by Gasteiger charge is 2.21. The fraction of sp³-hybridized carbons (Fsp3) is 0.143. The summed E-state index contributed by atoms with van der Waals surface area (Å²) in [7, 11) is -3.65. The zero-order valence-electron chi connectivity index (χ0n) is 11.1. The van der Waals surface area contributed by atoms with Crippen LogP contribution in [0.2, 0.25) is 0 Å². The van der Waals surface area contributed by atoms with Crippen molar-refractivity contribution in [2.45, 2.75) is 18.7 Å². The van der Waals surface area contributed by atoms with Crippen LogP contribution in [0, 0.1) is 17.4 Å². The number of hydrogen-bond acceptors (Lipinski definition) is 3. The topological polar surface area (TPSA) is 72.2 Å². The summed E-state index contributed by atoms with van der Waals surface area (Å²) in [6, 6.07) is 10.7. The second-order valence-electron chi connectivity index (χ2n) is 4.51. The van der Waals surface area contributed by atoms with E-state index in [0.29, 0.717) is 22.5 Å². The van der Waals surface area contributed by atoms with E-state index in [-0.39, 0.29) is 4.90 Å². The van der Waals surface area contributed by atoms with Gasteiger partial charge in [-0.15, -0.1) is 0 Å². The SMILES string of the molecule is Cc1ccc(N)c(C)c1S(=O)(=O)Nc1ccccc1I. The number of nitrogens with two attached hydrogens (primary N) is 1. The second-order valence-corrected chi connectivity index (χ2v) is 7.29. The zero-order chi connectivity index (χ0) is 14.9. The number of halogens is 1. The number of nitrogen functional groups attached to an aromatic ring is 1. The van der Waals surface area contributed by atoms with Gasteiger partial charge in [0.25, 0.3) is 10.0 Å².